The van der Waals surface area contributed by atoms with E-state index >= 15 is 0 Å². The highest BCUT2D eigenvalue weighted by atomic mass is 16.6. The molecule has 0 fully saturated rings. The van der Waals surface area contributed by atoms with Crippen LogP contribution < -0.4 is 20.3 Å². The summed E-state index contributed by atoms with van der Waals surface area (Å²) in [6.45, 7) is 2.44. The fourth-order valence-corrected chi connectivity index (χ4v) is 2.98. The van der Waals surface area contributed by atoms with Gasteiger partial charge in [-0.1, -0.05) is 12.1 Å². The maximum absolute atomic E-state index is 12.2. The van der Waals surface area contributed by atoms with Crippen molar-refractivity contribution in [3.63, 3.8) is 0 Å². The van der Waals surface area contributed by atoms with Gasteiger partial charge in [-0.25, -0.2) is 14.4 Å². The summed E-state index contributed by atoms with van der Waals surface area (Å²) in [5.41, 5.74) is 1.52. The summed E-state index contributed by atoms with van der Waals surface area (Å²) in [6, 6.07) is 6.83. The lowest BCUT2D eigenvalue weighted by molar-refractivity contribution is -0.148. The number of carbonyl (C=O) groups excluding carboxylic acids is 3. The summed E-state index contributed by atoms with van der Waals surface area (Å²) in [4.78, 5) is 37.9. The Morgan fingerprint density at radius 2 is 2.11 bits per heavy atom. The van der Waals surface area contributed by atoms with Gasteiger partial charge < -0.3 is 29.7 Å². The molecule has 1 unspecified atom stereocenters. The molecular formula is C18H21N3O6. The first-order valence-corrected chi connectivity index (χ1v) is 8.56. The van der Waals surface area contributed by atoms with Gasteiger partial charge in [-0.3, -0.25) is 0 Å². The first kappa shape index (κ1) is 18.6. The number of methoxy groups -OCH3 is 1. The Morgan fingerprint density at radius 1 is 1.33 bits per heavy atom. The summed E-state index contributed by atoms with van der Waals surface area (Å²) in [7, 11) is 1.30. The van der Waals surface area contributed by atoms with Crippen molar-refractivity contribution in [1.82, 2.24) is 10.6 Å². The minimum Gasteiger partial charge on any atom is -0.475 e. The molecule has 27 heavy (non-hydrogen) atoms. The van der Waals surface area contributed by atoms with Gasteiger partial charge in [-0.15, -0.1) is 0 Å². The van der Waals surface area contributed by atoms with Gasteiger partial charge in [0.05, 0.1) is 50.3 Å². The van der Waals surface area contributed by atoms with Crippen molar-refractivity contribution < 1.29 is 28.6 Å². The highest BCUT2D eigenvalue weighted by Crippen LogP contribution is 2.34. The van der Waals surface area contributed by atoms with E-state index in [0.29, 0.717) is 17.0 Å². The first-order chi connectivity index (χ1) is 13.0. The van der Waals surface area contributed by atoms with Crippen LogP contribution in [0.15, 0.2) is 35.5 Å². The van der Waals surface area contributed by atoms with Crippen LogP contribution in [0, 0.1) is 0 Å². The molecule has 0 aliphatic carbocycles. The molecule has 0 aromatic heterocycles. The largest absolute Gasteiger partial charge is 0.475 e. The van der Waals surface area contributed by atoms with Crippen LogP contribution in [0.1, 0.15) is 6.92 Å². The summed E-state index contributed by atoms with van der Waals surface area (Å²) in [5.74, 6) is -0.466. The number of anilines is 1. The van der Waals surface area contributed by atoms with E-state index in [1.165, 1.54) is 7.11 Å². The summed E-state index contributed by atoms with van der Waals surface area (Å²) >= 11 is 0. The predicted molar refractivity (Wildman–Crippen MR) is 95.3 cm³/mol. The second-order valence-electron chi connectivity index (χ2n) is 5.96. The Hall–Kier alpha value is -3.23. The molecule has 1 atom stereocenters. The third-order valence-corrected chi connectivity index (χ3v) is 4.25. The number of nitrogens with zero attached hydrogens (tertiary/aromatic N) is 1. The number of amides is 2. The molecule has 9 heteroatoms. The van der Waals surface area contributed by atoms with Gasteiger partial charge in [0.1, 0.15) is 5.75 Å². The van der Waals surface area contributed by atoms with E-state index in [1.54, 1.807) is 19.1 Å². The number of benzene rings is 1. The maximum atomic E-state index is 12.2. The Labute approximate surface area is 156 Å². The molecule has 0 bridgehead atoms. The molecule has 9 nitrogen and oxygen atoms in total. The Balaban J connectivity index is 1.92. The molecule has 2 N–H and O–H groups in total. The van der Waals surface area contributed by atoms with E-state index in [1.807, 2.05) is 17.0 Å². The summed E-state index contributed by atoms with van der Waals surface area (Å²) in [5, 5.41) is 5.24. The van der Waals surface area contributed by atoms with Crippen molar-refractivity contribution in [2.45, 2.75) is 13.0 Å². The molecule has 0 radical (unpaired) electrons. The molecule has 0 spiro atoms. The van der Waals surface area contributed by atoms with Crippen LogP contribution >= 0.6 is 0 Å². The number of urea groups is 1. The highest BCUT2D eigenvalue weighted by Gasteiger charge is 2.33. The average Bonchev–Trinajstić information content (AvgIpc) is 2.67. The van der Waals surface area contributed by atoms with E-state index in [4.69, 9.17) is 14.2 Å². The number of rotatable bonds is 5. The fraction of sp³-hybridized carbons (Fsp3) is 0.389. The number of hydrogen-bond acceptors (Lipinski definition) is 7. The zero-order valence-electron chi connectivity index (χ0n) is 15.1. The summed E-state index contributed by atoms with van der Waals surface area (Å²) < 4.78 is 15.6. The molecule has 2 aliphatic rings. The highest BCUT2D eigenvalue weighted by molar-refractivity contribution is 5.94. The summed E-state index contributed by atoms with van der Waals surface area (Å²) in [6.07, 6.45) is -0.811. The van der Waals surface area contributed by atoms with Crippen LogP contribution in [0.3, 0.4) is 0 Å². The molecule has 1 aromatic rings. The van der Waals surface area contributed by atoms with Gasteiger partial charge in [-0.05, 0) is 19.1 Å². The van der Waals surface area contributed by atoms with E-state index in [-0.39, 0.29) is 26.2 Å². The Bertz CT molecular complexity index is 791. The van der Waals surface area contributed by atoms with Crippen LogP contribution in [0.5, 0.6) is 5.75 Å². The monoisotopic (exact) mass is 375 g/mol. The number of carbonyl (C=O) groups is 3. The SMILES string of the molecule is CCOC(=O)C1=C(CN2CC(C(=O)OC)Oc3ccccc32)NC(=O)NC1. The van der Waals surface area contributed by atoms with Gasteiger partial charge in [0.25, 0.3) is 0 Å². The first-order valence-electron chi connectivity index (χ1n) is 8.56. The van der Waals surface area contributed by atoms with Crippen molar-refractivity contribution >= 4 is 23.7 Å². The second-order valence-corrected chi connectivity index (χ2v) is 5.96. The van der Waals surface area contributed by atoms with Crippen LogP contribution in [-0.4, -0.2) is 57.4 Å². The fourth-order valence-electron chi connectivity index (χ4n) is 2.98. The number of nitrogens with one attached hydrogen (secondary N) is 2. The van der Waals surface area contributed by atoms with Gasteiger partial charge in [0.15, 0.2) is 0 Å². The number of hydrogen-bond donors (Lipinski definition) is 2. The molecule has 0 saturated carbocycles. The van der Waals surface area contributed by atoms with Crippen molar-refractivity contribution in [3.05, 3.63) is 35.5 Å². The van der Waals surface area contributed by atoms with E-state index in [9.17, 15) is 14.4 Å². The predicted octanol–water partition coefficient (Wildman–Crippen LogP) is 0.557. The zero-order valence-corrected chi connectivity index (χ0v) is 15.1. The maximum Gasteiger partial charge on any atom is 0.348 e. The Kier molecular flexibility index (Phi) is 5.49. The number of esters is 2. The van der Waals surface area contributed by atoms with Crippen LogP contribution in [-0.2, 0) is 19.1 Å². The topological polar surface area (TPSA) is 106 Å². The van der Waals surface area contributed by atoms with E-state index in [0.717, 1.165) is 5.69 Å². The molecule has 3 rings (SSSR count). The molecule has 2 heterocycles. The molecule has 0 saturated heterocycles. The van der Waals surface area contributed by atoms with Crippen LogP contribution in [0.2, 0.25) is 0 Å². The normalized spacial score (nSPS) is 18.7. The minimum absolute atomic E-state index is 0.0758. The van der Waals surface area contributed by atoms with Crippen molar-refractivity contribution in [1.29, 1.82) is 0 Å². The van der Waals surface area contributed by atoms with Gasteiger partial charge in [0, 0.05) is 0 Å². The smallest absolute Gasteiger partial charge is 0.348 e. The van der Waals surface area contributed by atoms with E-state index in [2.05, 4.69) is 10.6 Å². The van der Waals surface area contributed by atoms with E-state index < -0.39 is 24.1 Å². The Morgan fingerprint density at radius 3 is 2.85 bits per heavy atom. The van der Waals surface area contributed by atoms with Crippen molar-refractivity contribution in [2.75, 3.05) is 38.3 Å². The van der Waals surface area contributed by atoms with Gasteiger partial charge in [0.2, 0.25) is 6.10 Å². The molecular weight excluding hydrogens is 354 g/mol. The van der Waals surface area contributed by atoms with Crippen LogP contribution in [0.4, 0.5) is 10.5 Å². The standard InChI is InChI=1S/C18H21N3O6/c1-3-26-16(22)11-8-19-18(24)20-12(11)9-21-10-15(17(23)25-2)27-14-7-5-4-6-13(14)21/h4-7,15H,3,8-10H2,1-2H3,(H2,19,20,24). The third kappa shape index (κ3) is 3.97. The second kappa shape index (κ2) is 7.98. The quantitative estimate of drug-likeness (QED) is 0.724. The third-order valence-electron chi connectivity index (χ3n) is 4.25. The van der Waals surface area contributed by atoms with Gasteiger partial charge >= 0.3 is 18.0 Å². The zero-order chi connectivity index (χ0) is 19.4. The minimum atomic E-state index is -0.811. The van der Waals surface area contributed by atoms with Crippen LogP contribution in [0.25, 0.3) is 0 Å². The lowest BCUT2D eigenvalue weighted by Crippen LogP contribution is -2.50. The molecule has 2 aliphatic heterocycles. The average molecular weight is 375 g/mol. The molecule has 2 amide bonds. The number of para-hydroxylation sites is 2. The van der Waals surface area contributed by atoms with Crippen molar-refractivity contribution in [3.8, 4) is 5.75 Å². The molecule has 1 aromatic carbocycles. The number of fused-ring (bicyclic) bond motifs is 1. The lowest BCUT2D eigenvalue weighted by atomic mass is 10.1. The van der Waals surface area contributed by atoms with Crippen molar-refractivity contribution in [2.24, 2.45) is 0 Å². The van der Waals surface area contributed by atoms with Gasteiger partial charge in [-0.2, -0.15) is 0 Å². The molecule has 144 valence electrons. The number of ether oxygens (including phenoxy) is 3. The lowest BCUT2D eigenvalue weighted by Gasteiger charge is -2.36.